The minimum Gasteiger partial charge on any atom is -0.321 e. The smallest absolute Gasteiger partial charge is 0.134 e. The molecule has 1 aromatic rings. The van der Waals surface area contributed by atoms with Gasteiger partial charge in [-0.3, -0.25) is 0 Å². The van der Waals surface area contributed by atoms with E-state index in [4.69, 9.17) is 5.73 Å². The molecule has 1 saturated carbocycles. The van der Waals surface area contributed by atoms with Crippen molar-refractivity contribution in [3.63, 3.8) is 0 Å². The number of halogens is 2. The Balaban J connectivity index is 2.34. The van der Waals surface area contributed by atoms with Crippen molar-refractivity contribution in [1.29, 1.82) is 0 Å². The molecule has 2 rings (SSSR count). The molecule has 1 aliphatic carbocycles. The van der Waals surface area contributed by atoms with Gasteiger partial charge in [0.05, 0.1) is 0 Å². The van der Waals surface area contributed by atoms with Crippen LogP contribution in [0.1, 0.15) is 57.1 Å². The fourth-order valence-electron chi connectivity index (χ4n) is 3.42. The van der Waals surface area contributed by atoms with Gasteiger partial charge in [-0.1, -0.05) is 32.8 Å². The van der Waals surface area contributed by atoms with E-state index < -0.39 is 17.2 Å². The molecule has 0 radical (unpaired) electrons. The van der Waals surface area contributed by atoms with Crippen LogP contribution in [0.5, 0.6) is 0 Å². The van der Waals surface area contributed by atoms with Crippen LogP contribution < -0.4 is 5.73 Å². The highest BCUT2D eigenvalue weighted by Crippen LogP contribution is 2.40. The summed E-state index contributed by atoms with van der Waals surface area (Å²) >= 11 is 0. The molecule has 2 N–H and O–H groups in total. The van der Waals surface area contributed by atoms with Gasteiger partial charge in [0.2, 0.25) is 0 Å². The van der Waals surface area contributed by atoms with E-state index in [0.29, 0.717) is 30.2 Å². The van der Waals surface area contributed by atoms with Crippen LogP contribution in [0.25, 0.3) is 0 Å². The molecule has 1 aliphatic rings. The highest BCUT2D eigenvalue weighted by atomic mass is 19.1. The summed E-state index contributed by atoms with van der Waals surface area (Å²) in [5.74, 6) is 0.245. The molecule has 0 bridgehead atoms. The van der Waals surface area contributed by atoms with Crippen molar-refractivity contribution in [2.45, 2.75) is 58.4 Å². The Labute approximate surface area is 120 Å². The highest BCUT2D eigenvalue weighted by molar-refractivity contribution is 5.32. The third-order valence-electron chi connectivity index (χ3n) is 4.88. The van der Waals surface area contributed by atoms with Crippen molar-refractivity contribution in [2.75, 3.05) is 0 Å². The third kappa shape index (κ3) is 2.88. The highest BCUT2D eigenvalue weighted by Gasteiger charge is 2.36. The Morgan fingerprint density at radius 2 is 1.90 bits per heavy atom. The van der Waals surface area contributed by atoms with E-state index in [-0.39, 0.29) is 5.56 Å². The maximum Gasteiger partial charge on any atom is 0.134 e. The Hall–Kier alpha value is -0.960. The first-order chi connectivity index (χ1) is 9.35. The van der Waals surface area contributed by atoms with Crippen molar-refractivity contribution in [1.82, 2.24) is 0 Å². The van der Waals surface area contributed by atoms with E-state index in [1.807, 2.05) is 0 Å². The maximum absolute atomic E-state index is 14.4. The SMILES string of the molecule is Cc1ccc(F)c(C2(N)CCCC(C(C)C)CC2)c1F. The van der Waals surface area contributed by atoms with E-state index in [1.165, 1.54) is 12.1 Å². The summed E-state index contributed by atoms with van der Waals surface area (Å²) in [6.07, 6.45) is 4.31. The number of rotatable bonds is 2. The van der Waals surface area contributed by atoms with Gasteiger partial charge in [0.1, 0.15) is 11.6 Å². The second-order valence-electron chi connectivity index (χ2n) is 6.64. The first-order valence-corrected chi connectivity index (χ1v) is 7.59. The molecule has 20 heavy (non-hydrogen) atoms. The Morgan fingerprint density at radius 1 is 1.20 bits per heavy atom. The van der Waals surface area contributed by atoms with Crippen LogP contribution >= 0.6 is 0 Å². The molecule has 0 amide bonds. The zero-order chi connectivity index (χ0) is 14.9. The van der Waals surface area contributed by atoms with Gasteiger partial charge in [-0.2, -0.15) is 0 Å². The number of aryl methyl sites for hydroxylation is 1. The molecule has 1 fully saturated rings. The standard InChI is InChI=1S/C17H25F2N/c1-11(2)13-5-4-9-17(20,10-8-13)15-14(18)7-6-12(3)16(15)19/h6-7,11,13H,4-5,8-10,20H2,1-3H3. The number of benzene rings is 1. The Morgan fingerprint density at radius 3 is 2.55 bits per heavy atom. The minimum atomic E-state index is -0.857. The predicted molar refractivity (Wildman–Crippen MR) is 78.4 cm³/mol. The summed E-state index contributed by atoms with van der Waals surface area (Å²) in [4.78, 5) is 0. The Kier molecular flexibility index (Phi) is 4.48. The summed E-state index contributed by atoms with van der Waals surface area (Å²) in [6.45, 7) is 6.08. The molecule has 0 aromatic heterocycles. The first-order valence-electron chi connectivity index (χ1n) is 7.59. The fraction of sp³-hybridized carbons (Fsp3) is 0.647. The molecule has 2 unspecified atom stereocenters. The van der Waals surface area contributed by atoms with Crippen LogP contribution in [0.2, 0.25) is 0 Å². The lowest BCUT2D eigenvalue weighted by molar-refractivity contribution is 0.315. The first kappa shape index (κ1) is 15.4. The van der Waals surface area contributed by atoms with Crippen LogP contribution in [0.15, 0.2) is 12.1 Å². The van der Waals surface area contributed by atoms with Crippen LogP contribution in [-0.2, 0) is 5.54 Å². The number of hydrogen-bond donors (Lipinski definition) is 1. The topological polar surface area (TPSA) is 26.0 Å². The van der Waals surface area contributed by atoms with Crippen molar-refractivity contribution >= 4 is 0 Å². The zero-order valence-corrected chi connectivity index (χ0v) is 12.7. The average molecular weight is 281 g/mol. The van der Waals surface area contributed by atoms with Crippen molar-refractivity contribution in [3.05, 3.63) is 34.9 Å². The third-order valence-corrected chi connectivity index (χ3v) is 4.88. The van der Waals surface area contributed by atoms with Crippen molar-refractivity contribution in [3.8, 4) is 0 Å². The Bertz CT molecular complexity index is 484. The molecule has 1 aromatic carbocycles. The summed E-state index contributed by atoms with van der Waals surface area (Å²) in [6, 6.07) is 2.82. The van der Waals surface area contributed by atoms with Gasteiger partial charge in [-0.05, 0) is 49.7 Å². The van der Waals surface area contributed by atoms with Crippen molar-refractivity contribution < 1.29 is 8.78 Å². The monoisotopic (exact) mass is 281 g/mol. The molecule has 0 saturated heterocycles. The van der Waals surface area contributed by atoms with Crippen LogP contribution in [0.3, 0.4) is 0 Å². The molecule has 0 aliphatic heterocycles. The van der Waals surface area contributed by atoms with E-state index in [2.05, 4.69) is 13.8 Å². The summed E-state index contributed by atoms with van der Waals surface area (Å²) < 4.78 is 28.5. The molecular weight excluding hydrogens is 256 g/mol. The average Bonchev–Trinajstić information content (AvgIpc) is 2.57. The molecule has 3 heteroatoms. The minimum absolute atomic E-state index is 0.0990. The normalized spacial score (nSPS) is 27.6. The molecule has 0 spiro atoms. The van der Waals surface area contributed by atoms with E-state index in [1.54, 1.807) is 6.92 Å². The van der Waals surface area contributed by atoms with Gasteiger partial charge < -0.3 is 5.73 Å². The summed E-state index contributed by atoms with van der Waals surface area (Å²) in [5.41, 5.74) is 6.14. The van der Waals surface area contributed by atoms with Crippen molar-refractivity contribution in [2.24, 2.45) is 17.6 Å². The largest absolute Gasteiger partial charge is 0.321 e. The van der Waals surface area contributed by atoms with Gasteiger partial charge in [-0.15, -0.1) is 0 Å². The quantitative estimate of drug-likeness (QED) is 0.784. The predicted octanol–water partition coefficient (Wildman–Crippen LogP) is 4.66. The second-order valence-corrected chi connectivity index (χ2v) is 6.64. The molecule has 2 atom stereocenters. The van der Waals surface area contributed by atoms with Gasteiger partial charge in [0.25, 0.3) is 0 Å². The summed E-state index contributed by atoms with van der Waals surface area (Å²) in [7, 11) is 0. The van der Waals surface area contributed by atoms with Crippen LogP contribution in [0.4, 0.5) is 8.78 Å². The van der Waals surface area contributed by atoms with Crippen LogP contribution in [-0.4, -0.2) is 0 Å². The van der Waals surface area contributed by atoms with Gasteiger partial charge in [0, 0.05) is 11.1 Å². The van der Waals surface area contributed by atoms with Gasteiger partial charge >= 0.3 is 0 Å². The summed E-state index contributed by atoms with van der Waals surface area (Å²) in [5, 5.41) is 0. The van der Waals surface area contributed by atoms with E-state index in [0.717, 1.165) is 19.3 Å². The molecule has 0 heterocycles. The van der Waals surface area contributed by atoms with Gasteiger partial charge in [0.15, 0.2) is 0 Å². The van der Waals surface area contributed by atoms with E-state index in [9.17, 15) is 8.78 Å². The molecule has 1 nitrogen and oxygen atoms in total. The van der Waals surface area contributed by atoms with E-state index >= 15 is 0 Å². The zero-order valence-electron chi connectivity index (χ0n) is 12.7. The fourth-order valence-corrected chi connectivity index (χ4v) is 3.42. The number of hydrogen-bond acceptors (Lipinski definition) is 1. The molecular formula is C17H25F2N. The van der Waals surface area contributed by atoms with Gasteiger partial charge in [-0.25, -0.2) is 8.78 Å². The molecule has 112 valence electrons. The lowest BCUT2D eigenvalue weighted by Crippen LogP contribution is -2.38. The van der Waals surface area contributed by atoms with Crippen LogP contribution in [0, 0.1) is 30.4 Å². The maximum atomic E-state index is 14.4. The lowest BCUT2D eigenvalue weighted by Gasteiger charge is -2.30. The second kappa shape index (κ2) is 5.80. The lowest BCUT2D eigenvalue weighted by atomic mass is 9.81. The number of nitrogens with two attached hydrogens (primary N) is 1.